The van der Waals surface area contributed by atoms with Gasteiger partial charge in [-0.05, 0) is 29.3 Å². The number of aromatic nitrogens is 2. The van der Waals surface area contributed by atoms with E-state index in [0.29, 0.717) is 17.7 Å². The first-order chi connectivity index (χ1) is 11.2. The van der Waals surface area contributed by atoms with E-state index in [0.717, 1.165) is 11.3 Å². The van der Waals surface area contributed by atoms with E-state index in [-0.39, 0.29) is 6.42 Å². The van der Waals surface area contributed by atoms with Crippen molar-refractivity contribution in [1.82, 2.24) is 9.97 Å². The molecule has 0 amide bonds. The summed E-state index contributed by atoms with van der Waals surface area (Å²) >= 11 is 0. The lowest BCUT2D eigenvalue weighted by Gasteiger charge is -2.24. The maximum absolute atomic E-state index is 15.0. The standard InChI is InChI=1S/C18H15FN4/c19-18(16-3-1-14(9-20)2-4-16)7-5-15(6-8-18)10-23-17-11-21-13-22-12-17/h1-7,11-13,23H,8,10H2. The molecule has 1 N–H and O–H groups in total. The van der Waals surface area contributed by atoms with Gasteiger partial charge in [-0.15, -0.1) is 0 Å². The number of anilines is 1. The van der Waals surface area contributed by atoms with Crippen molar-refractivity contribution in [3.05, 3.63) is 77.9 Å². The van der Waals surface area contributed by atoms with Gasteiger partial charge in [-0.1, -0.05) is 24.3 Å². The average Bonchev–Trinajstić information content (AvgIpc) is 2.62. The summed E-state index contributed by atoms with van der Waals surface area (Å²) in [6.07, 6.45) is 10.4. The smallest absolute Gasteiger partial charge is 0.157 e. The van der Waals surface area contributed by atoms with Crippen LogP contribution >= 0.6 is 0 Å². The summed E-state index contributed by atoms with van der Waals surface area (Å²) in [5.74, 6) is 0. The number of nitrogens with one attached hydrogen (secondary N) is 1. The van der Waals surface area contributed by atoms with Gasteiger partial charge in [-0.25, -0.2) is 14.4 Å². The Morgan fingerprint density at radius 1 is 1.22 bits per heavy atom. The van der Waals surface area contributed by atoms with E-state index in [4.69, 9.17) is 5.26 Å². The second-order valence-electron chi connectivity index (χ2n) is 5.35. The number of hydrogen-bond donors (Lipinski definition) is 1. The molecule has 3 rings (SSSR count). The Hall–Kier alpha value is -3.00. The van der Waals surface area contributed by atoms with Gasteiger partial charge in [0.15, 0.2) is 5.67 Å². The predicted octanol–water partition coefficient (Wildman–Crippen LogP) is 3.51. The van der Waals surface area contributed by atoms with Crippen molar-refractivity contribution in [1.29, 1.82) is 5.26 Å². The molecule has 1 unspecified atom stereocenters. The lowest BCUT2D eigenvalue weighted by atomic mass is 9.87. The number of rotatable bonds is 4. The highest BCUT2D eigenvalue weighted by Gasteiger charge is 2.29. The number of nitrogens with zero attached hydrogens (tertiary/aromatic N) is 3. The van der Waals surface area contributed by atoms with E-state index in [9.17, 15) is 0 Å². The van der Waals surface area contributed by atoms with Crippen LogP contribution in [-0.4, -0.2) is 16.5 Å². The number of allylic oxidation sites excluding steroid dienone is 2. The molecule has 23 heavy (non-hydrogen) atoms. The fourth-order valence-corrected chi connectivity index (χ4v) is 2.42. The van der Waals surface area contributed by atoms with E-state index in [1.165, 1.54) is 6.33 Å². The zero-order valence-electron chi connectivity index (χ0n) is 12.4. The Morgan fingerprint density at radius 2 is 1.96 bits per heavy atom. The summed E-state index contributed by atoms with van der Waals surface area (Å²) in [7, 11) is 0. The molecule has 1 aliphatic rings. The van der Waals surface area contributed by atoms with Gasteiger partial charge < -0.3 is 5.32 Å². The minimum Gasteiger partial charge on any atom is -0.378 e. The molecule has 1 aromatic heterocycles. The van der Waals surface area contributed by atoms with Crippen LogP contribution in [0.2, 0.25) is 0 Å². The van der Waals surface area contributed by atoms with Gasteiger partial charge in [0.25, 0.3) is 0 Å². The second-order valence-corrected chi connectivity index (χ2v) is 5.35. The third-order valence-electron chi connectivity index (χ3n) is 3.77. The van der Waals surface area contributed by atoms with Gasteiger partial charge in [-0.2, -0.15) is 5.26 Å². The fourth-order valence-electron chi connectivity index (χ4n) is 2.42. The topological polar surface area (TPSA) is 61.6 Å². The Kier molecular flexibility index (Phi) is 4.15. The summed E-state index contributed by atoms with van der Waals surface area (Å²) in [4.78, 5) is 7.86. The molecule has 1 atom stereocenters. The van der Waals surface area contributed by atoms with Gasteiger partial charge in [0.1, 0.15) is 6.33 Å². The summed E-state index contributed by atoms with van der Waals surface area (Å²) < 4.78 is 15.0. The monoisotopic (exact) mass is 306 g/mol. The van der Waals surface area contributed by atoms with Gasteiger partial charge in [0, 0.05) is 13.0 Å². The quantitative estimate of drug-likeness (QED) is 0.939. The van der Waals surface area contributed by atoms with Crippen LogP contribution < -0.4 is 5.32 Å². The first kappa shape index (κ1) is 14.9. The van der Waals surface area contributed by atoms with Crippen molar-refractivity contribution < 1.29 is 4.39 Å². The Morgan fingerprint density at radius 3 is 2.57 bits per heavy atom. The molecular formula is C18H15FN4. The van der Waals surface area contributed by atoms with Crippen LogP contribution in [0.3, 0.4) is 0 Å². The number of halogens is 1. The van der Waals surface area contributed by atoms with Crippen molar-refractivity contribution in [3.8, 4) is 6.07 Å². The molecule has 0 bridgehead atoms. The van der Waals surface area contributed by atoms with Crippen LogP contribution in [0, 0.1) is 11.3 Å². The SMILES string of the molecule is N#Cc1ccc(C2(F)C=CC(CNc3cncnc3)=CC2)cc1. The lowest BCUT2D eigenvalue weighted by Crippen LogP contribution is -2.19. The molecule has 0 fully saturated rings. The summed E-state index contributed by atoms with van der Waals surface area (Å²) in [6.45, 7) is 0.591. The highest BCUT2D eigenvalue weighted by molar-refractivity contribution is 5.43. The number of alkyl halides is 1. The summed E-state index contributed by atoms with van der Waals surface area (Å²) in [5, 5.41) is 12.0. The molecule has 2 aromatic rings. The molecule has 114 valence electrons. The first-order valence-electron chi connectivity index (χ1n) is 7.26. The number of hydrogen-bond acceptors (Lipinski definition) is 4. The normalized spacial score (nSPS) is 19.7. The predicted molar refractivity (Wildman–Crippen MR) is 86.3 cm³/mol. The van der Waals surface area contributed by atoms with Crippen LogP contribution in [0.15, 0.2) is 66.8 Å². The minimum absolute atomic E-state index is 0.275. The van der Waals surface area contributed by atoms with E-state index in [1.807, 2.05) is 12.1 Å². The van der Waals surface area contributed by atoms with Crippen molar-refractivity contribution in [2.45, 2.75) is 12.1 Å². The Balaban J connectivity index is 1.65. The van der Waals surface area contributed by atoms with E-state index < -0.39 is 5.67 Å². The van der Waals surface area contributed by atoms with Gasteiger partial charge in [0.2, 0.25) is 0 Å². The number of nitriles is 1. The zero-order valence-corrected chi connectivity index (χ0v) is 12.4. The third-order valence-corrected chi connectivity index (χ3v) is 3.77. The van der Waals surface area contributed by atoms with E-state index in [1.54, 1.807) is 48.8 Å². The van der Waals surface area contributed by atoms with Crippen molar-refractivity contribution >= 4 is 5.69 Å². The van der Waals surface area contributed by atoms with Crippen LogP contribution in [0.1, 0.15) is 17.5 Å². The molecule has 0 saturated heterocycles. The highest BCUT2D eigenvalue weighted by Crippen LogP contribution is 2.35. The third kappa shape index (κ3) is 3.43. The van der Waals surface area contributed by atoms with Crippen LogP contribution in [0.4, 0.5) is 10.1 Å². The maximum atomic E-state index is 15.0. The molecule has 1 heterocycles. The van der Waals surface area contributed by atoms with Gasteiger partial charge in [-0.3, -0.25) is 0 Å². The van der Waals surface area contributed by atoms with Crippen molar-refractivity contribution in [3.63, 3.8) is 0 Å². The Labute approximate surface area is 134 Å². The van der Waals surface area contributed by atoms with Crippen molar-refractivity contribution in [2.75, 3.05) is 11.9 Å². The van der Waals surface area contributed by atoms with Crippen LogP contribution in [-0.2, 0) is 5.67 Å². The molecule has 0 saturated carbocycles. The zero-order chi connectivity index (χ0) is 16.1. The lowest BCUT2D eigenvalue weighted by molar-refractivity contribution is 0.235. The molecular weight excluding hydrogens is 291 g/mol. The maximum Gasteiger partial charge on any atom is 0.157 e. The fraction of sp³-hybridized carbons (Fsp3) is 0.167. The van der Waals surface area contributed by atoms with E-state index >= 15 is 4.39 Å². The van der Waals surface area contributed by atoms with Gasteiger partial charge in [0.05, 0.1) is 29.7 Å². The molecule has 1 aromatic carbocycles. The average molecular weight is 306 g/mol. The summed E-state index contributed by atoms with van der Waals surface area (Å²) in [6, 6.07) is 8.65. The molecule has 0 spiro atoms. The number of benzene rings is 1. The van der Waals surface area contributed by atoms with Crippen molar-refractivity contribution in [2.24, 2.45) is 0 Å². The van der Waals surface area contributed by atoms with Crippen LogP contribution in [0.25, 0.3) is 0 Å². The van der Waals surface area contributed by atoms with Crippen LogP contribution in [0.5, 0.6) is 0 Å². The highest BCUT2D eigenvalue weighted by atomic mass is 19.1. The largest absolute Gasteiger partial charge is 0.378 e. The molecule has 4 nitrogen and oxygen atoms in total. The van der Waals surface area contributed by atoms with E-state index in [2.05, 4.69) is 15.3 Å². The first-order valence-corrected chi connectivity index (χ1v) is 7.26. The molecule has 5 heteroatoms. The minimum atomic E-state index is -1.52. The van der Waals surface area contributed by atoms with Gasteiger partial charge >= 0.3 is 0 Å². The Bertz CT molecular complexity index is 775. The summed E-state index contributed by atoms with van der Waals surface area (Å²) in [5.41, 5.74) is 1.41. The molecule has 1 aliphatic carbocycles. The molecule has 0 radical (unpaired) electrons. The molecule has 0 aliphatic heterocycles. The second kappa shape index (κ2) is 6.41.